The van der Waals surface area contributed by atoms with Crippen molar-refractivity contribution in [2.45, 2.75) is 31.8 Å². The first kappa shape index (κ1) is 23.3. The van der Waals surface area contributed by atoms with Gasteiger partial charge in [-0.1, -0.05) is 55.8 Å². The van der Waals surface area contributed by atoms with Crippen molar-refractivity contribution in [3.63, 3.8) is 0 Å². The van der Waals surface area contributed by atoms with Crippen molar-refractivity contribution in [1.82, 2.24) is 14.9 Å². The number of nitrogens with one attached hydrogen (secondary N) is 1. The van der Waals surface area contributed by atoms with Crippen LogP contribution in [0.5, 0.6) is 0 Å². The maximum atomic E-state index is 14.4. The van der Waals surface area contributed by atoms with Crippen LogP contribution in [-0.4, -0.2) is 27.4 Å². The molecule has 0 unspecified atom stereocenters. The third-order valence-corrected chi connectivity index (χ3v) is 8.42. The van der Waals surface area contributed by atoms with E-state index < -0.39 is 17.4 Å². The summed E-state index contributed by atoms with van der Waals surface area (Å²) < 4.78 is 1.63. The molecule has 3 aromatic carbocycles. The summed E-state index contributed by atoms with van der Waals surface area (Å²) in [5, 5.41) is 4.77. The van der Waals surface area contributed by atoms with Crippen LogP contribution in [0, 0.1) is 17.8 Å². The third kappa shape index (κ3) is 2.94. The Hall–Kier alpha value is -3.81. The molecule has 7 rings (SSSR count). The zero-order valence-corrected chi connectivity index (χ0v) is 21.6. The van der Waals surface area contributed by atoms with Gasteiger partial charge in [0.05, 0.1) is 34.1 Å². The third-order valence-electron chi connectivity index (χ3n) is 8.17. The van der Waals surface area contributed by atoms with E-state index in [1.807, 2.05) is 42.5 Å². The first-order valence-corrected chi connectivity index (χ1v) is 13.2. The molecular weight excluding hydrogens is 500 g/mol. The highest BCUT2D eigenvalue weighted by Crippen LogP contribution is 2.56. The van der Waals surface area contributed by atoms with Crippen molar-refractivity contribution in [3.05, 3.63) is 99.6 Å². The Labute approximate surface area is 224 Å². The van der Waals surface area contributed by atoms with E-state index in [9.17, 15) is 14.4 Å². The van der Waals surface area contributed by atoms with Gasteiger partial charge in [0.15, 0.2) is 0 Å². The topological polar surface area (TPSA) is 84.3 Å². The number of nitrogens with zero attached hydrogens (tertiary/aromatic N) is 3. The monoisotopic (exact) mass is 524 g/mol. The second-order valence-corrected chi connectivity index (χ2v) is 11.2. The fourth-order valence-electron chi connectivity index (χ4n) is 6.77. The number of benzene rings is 3. The Bertz CT molecular complexity index is 1710. The number of fused-ring (bicyclic) bond motifs is 8. The summed E-state index contributed by atoms with van der Waals surface area (Å²) >= 11 is 6.10. The van der Waals surface area contributed by atoms with Crippen LogP contribution in [0.15, 0.2) is 77.6 Å². The van der Waals surface area contributed by atoms with Crippen LogP contribution in [0.4, 0.5) is 5.69 Å². The maximum absolute atomic E-state index is 14.4. The summed E-state index contributed by atoms with van der Waals surface area (Å²) in [7, 11) is 0. The zero-order chi connectivity index (χ0) is 26.3. The predicted octanol–water partition coefficient (Wildman–Crippen LogP) is 4.42. The zero-order valence-electron chi connectivity index (χ0n) is 20.9. The molecule has 0 saturated carbocycles. The predicted molar refractivity (Wildman–Crippen MR) is 145 cm³/mol. The molecule has 2 fully saturated rings. The number of para-hydroxylation sites is 2. The normalized spacial score (nSPS) is 25.5. The summed E-state index contributed by atoms with van der Waals surface area (Å²) in [5.74, 6) is -1.17. The number of hydrogen-bond acceptors (Lipinski definition) is 5. The minimum Gasteiger partial charge on any atom is -0.297 e. The molecule has 1 N–H and O–H groups in total. The fourth-order valence-corrected chi connectivity index (χ4v) is 6.90. The smallest absolute Gasteiger partial charge is 0.266 e. The Morgan fingerprint density at radius 3 is 2.42 bits per heavy atom. The number of halogens is 1. The lowest BCUT2D eigenvalue weighted by Crippen LogP contribution is -2.50. The quantitative estimate of drug-likeness (QED) is 0.401. The van der Waals surface area contributed by atoms with Gasteiger partial charge in [0.2, 0.25) is 11.8 Å². The van der Waals surface area contributed by atoms with Crippen LogP contribution >= 0.6 is 11.6 Å². The van der Waals surface area contributed by atoms with Crippen LogP contribution in [0.2, 0.25) is 5.02 Å². The molecule has 2 saturated heterocycles. The van der Waals surface area contributed by atoms with Gasteiger partial charge in [-0.2, -0.15) is 0 Å². The average Bonchev–Trinajstić information content (AvgIpc) is 3.48. The molecule has 1 aromatic heterocycles. The summed E-state index contributed by atoms with van der Waals surface area (Å²) in [6.45, 7) is 4.21. The lowest BCUT2D eigenvalue weighted by Gasteiger charge is -2.32. The molecule has 1 spiro atoms. The Kier molecular flexibility index (Phi) is 4.97. The van der Waals surface area contributed by atoms with Gasteiger partial charge in [-0.25, -0.2) is 9.88 Å². The molecule has 4 atom stereocenters. The van der Waals surface area contributed by atoms with Crippen molar-refractivity contribution in [1.29, 1.82) is 0 Å². The number of carbonyl (C=O) groups is 2. The van der Waals surface area contributed by atoms with Crippen LogP contribution in [0.1, 0.15) is 31.7 Å². The number of rotatable bonds is 3. The van der Waals surface area contributed by atoms with Gasteiger partial charge < -0.3 is 0 Å². The van der Waals surface area contributed by atoms with Crippen molar-refractivity contribution in [2.24, 2.45) is 17.8 Å². The Morgan fingerprint density at radius 2 is 1.66 bits per heavy atom. The van der Waals surface area contributed by atoms with Crippen LogP contribution in [0.3, 0.4) is 0 Å². The SMILES string of the molecule is CC(C)C[C@H]1N[C@]2(c3ccccc3-n3c2nc2ccccc2c3=O)[C@H]2C(=O)N(c3ccc(Cl)cc3)C(=O)[C@@H]12. The van der Waals surface area contributed by atoms with E-state index >= 15 is 0 Å². The van der Waals surface area contributed by atoms with E-state index in [0.29, 0.717) is 39.5 Å². The minimum absolute atomic E-state index is 0.188. The first-order valence-electron chi connectivity index (χ1n) is 12.9. The van der Waals surface area contributed by atoms with Crippen molar-refractivity contribution >= 4 is 40.0 Å². The molecule has 0 radical (unpaired) electrons. The Balaban J connectivity index is 1.52. The molecule has 0 aliphatic carbocycles. The summed E-state index contributed by atoms with van der Waals surface area (Å²) in [4.78, 5) is 48.6. The van der Waals surface area contributed by atoms with Crippen molar-refractivity contribution in [3.8, 4) is 5.69 Å². The van der Waals surface area contributed by atoms with E-state index in [4.69, 9.17) is 16.6 Å². The van der Waals surface area contributed by atoms with Gasteiger partial charge >= 0.3 is 0 Å². The molecule has 38 heavy (non-hydrogen) atoms. The molecule has 4 heterocycles. The van der Waals surface area contributed by atoms with Gasteiger partial charge in [0.1, 0.15) is 11.4 Å². The average molecular weight is 525 g/mol. The van der Waals surface area contributed by atoms with E-state index in [1.54, 1.807) is 34.9 Å². The summed E-state index contributed by atoms with van der Waals surface area (Å²) in [5.41, 5.74) is 1.22. The highest BCUT2D eigenvalue weighted by atomic mass is 35.5. The number of amides is 2. The lowest BCUT2D eigenvalue weighted by molar-refractivity contribution is -0.123. The molecule has 7 nitrogen and oxygen atoms in total. The van der Waals surface area contributed by atoms with Crippen molar-refractivity contribution < 1.29 is 9.59 Å². The van der Waals surface area contributed by atoms with E-state index in [1.165, 1.54) is 4.90 Å². The van der Waals surface area contributed by atoms with Crippen LogP contribution in [0.25, 0.3) is 16.6 Å². The molecule has 2 amide bonds. The minimum atomic E-state index is -1.13. The van der Waals surface area contributed by atoms with Gasteiger partial charge in [0.25, 0.3) is 5.56 Å². The number of imide groups is 1. The standard InChI is InChI=1S/C30H25ClN4O3/c1-16(2)15-22-24-25(28(38)34(27(24)37)18-13-11-17(31)12-14-18)30(33-22)20-8-4-6-10-23(20)35-26(36)19-7-3-5-9-21(19)32-29(30)35/h3-14,16,22,24-25,33H,15H2,1-2H3/t22-,24+,25-,30-/m1/s1. The second kappa shape index (κ2) is 8.09. The summed E-state index contributed by atoms with van der Waals surface area (Å²) in [6, 6.07) is 21.3. The summed E-state index contributed by atoms with van der Waals surface area (Å²) in [6.07, 6.45) is 0.691. The van der Waals surface area contributed by atoms with E-state index in [2.05, 4.69) is 19.2 Å². The number of anilines is 1. The highest BCUT2D eigenvalue weighted by molar-refractivity contribution is 6.31. The molecular formula is C30H25ClN4O3. The van der Waals surface area contributed by atoms with E-state index in [0.717, 1.165) is 5.56 Å². The molecule has 190 valence electrons. The van der Waals surface area contributed by atoms with Gasteiger partial charge in [-0.05, 0) is 54.8 Å². The molecule has 4 aromatic rings. The molecule has 3 aliphatic rings. The fraction of sp³-hybridized carbons (Fsp3) is 0.267. The van der Waals surface area contributed by atoms with E-state index in [-0.39, 0.29) is 29.3 Å². The molecule has 0 bridgehead atoms. The van der Waals surface area contributed by atoms with Crippen LogP contribution < -0.4 is 15.8 Å². The number of aromatic nitrogens is 2. The first-order chi connectivity index (χ1) is 18.3. The van der Waals surface area contributed by atoms with Crippen LogP contribution in [-0.2, 0) is 15.1 Å². The number of carbonyl (C=O) groups excluding carboxylic acids is 2. The largest absolute Gasteiger partial charge is 0.297 e. The van der Waals surface area contributed by atoms with Gasteiger partial charge in [-0.15, -0.1) is 0 Å². The van der Waals surface area contributed by atoms with Gasteiger partial charge in [0, 0.05) is 16.6 Å². The molecule has 3 aliphatic heterocycles. The number of hydrogen-bond donors (Lipinski definition) is 1. The van der Waals surface area contributed by atoms with Gasteiger partial charge in [-0.3, -0.25) is 24.3 Å². The Morgan fingerprint density at radius 1 is 0.947 bits per heavy atom. The molecule has 8 heteroatoms. The van der Waals surface area contributed by atoms with Crippen molar-refractivity contribution in [2.75, 3.05) is 4.90 Å². The lowest BCUT2D eigenvalue weighted by atomic mass is 9.75. The maximum Gasteiger partial charge on any atom is 0.266 e. The highest BCUT2D eigenvalue weighted by Gasteiger charge is 2.69. The second-order valence-electron chi connectivity index (χ2n) is 10.8.